The number of ether oxygens (including phenoxy) is 1. The summed E-state index contributed by atoms with van der Waals surface area (Å²) in [5.74, 6) is 0.520. The van der Waals surface area contributed by atoms with Crippen molar-refractivity contribution < 1.29 is 30.7 Å². The van der Waals surface area contributed by atoms with E-state index in [9.17, 15) is 26.0 Å². The van der Waals surface area contributed by atoms with Crippen molar-refractivity contribution in [3.8, 4) is 5.75 Å². The van der Waals surface area contributed by atoms with Crippen LogP contribution < -0.4 is 9.04 Å². The average Bonchev–Trinajstić information content (AvgIpc) is 3.35. The van der Waals surface area contributed by atoms with E-state index in [1.54, 1.807) is 49.7 Å². The zero-order chi connectivity index (χ0) is 30.2. The molecule has 1 aromatic heterocycles. The van der Waals surface area contributed by atoms with Crippen molar-refractivity contribution in [1.29, 1.82) is 0 Å². The van der Waals surface area contributed by atoms with Crippen LogP contribution in [0, 0.1) is 12.7 Å². The lowest BCUT2D eigenvalue weighted by atomic mass is 10.0. The highest BCUT2D eigenvalue weighted by Gasteiger charge is 2.37. The van der Waals surface area contributed by atoms with Gasteiger partial charge in [-0.15, -0.1) is 0 Å². The Balaban J connectivity index is 1.55. The van der Waals surface area contributed by atoms with Gasteiger partial charge < -0.3 is 9.30 Å². The number of aromatic nitrogens is 2. The number of imidazole rings is 1. The number of fused-ring (bicyclic) bond motifs is 1. The van der Waals surface area contributed by atoms with E-state index in [1.807, 2.05) is 11.5 Å². The third-order valence-electron chi connectivity index (χ3n) is 7.02. The second kappa shape index (κ2) is 11.4. The molecule has 0 aliphatic carbocycles. The van der Waals surface area contributed by atoms with Crippen LogP contribution in [0.1, 0.15) is 35.9 Å². The summed E-state index contributed by atoms with van der Waals surface area (Å²) in [7, 11) is -4.45. The van der Waals surface area contributed by atoms with Gasteiger partial charge in [0.1, 0.15) is 23.5 Å². The van der Waals surface area contributed by atoms with Gasteiger partial charge in [0.25, 0.3) is 10.0 Å². The largest absolute Gasteiger partial charge is 0.486 e. The second-order valence-electron chi connectivity index (χ2n) is 9.91. The molecule has 1 aliphatic rings. The summed E-state index contributed by atoms with van der Waals surface area (Å²) >= 11 is 6.22. The number of hydrogen-bond acceptors (Lipinski definition) is 4. The molecule has 42 heavy (non-hydrogen) atoms. The molecule has 6 nitrogen and oxygen atoms in total. The fourth-order valence-electron chi connectivity index (χ4n) is 4.88. The summed E-state index contributed by atoms with van der Waals surface area (Å²) < 4.78 is 91.9. The monoisotopic (exact) mass is 619 g/mol. The van der Waals surface area contributed by atoms with Crippen molar-refractivity contribution in [2.45, 2.75) is 44.0 Å². The van der Waals surface area contributed by atoms with Crippen LogP contribution in [0.5, 0.6) is 5.75 Å². The highest BCUT2D eigenvalue weighted by Crippen LogP contribution is 2.40. The van der Waals surface area contributed by atoms with Crippen LogP contribution in [0.3, 0.4) is 0 Å². The van der Waals surface area contributed by atoms with Gasteiger partial charge in [-0.05, 0) is 67.4 Å². The van der Waals surface area contributed by atoms with Gasteiger partial charge in [0.15, 0.2) is 0 Å². The van der Waals surface area contributed by atoms with E-state index in [2.05, 4.69) is 4.98 Å². The molecule has 0 bridgehead atoms. The quantitative estimate of drug-likeness (QED) is 0.158. The number of anilines is 1. The Morgan fingerprint density at radius 2 is 1.90 bits per heavy atom. The van der Waals surface area contributed by atoms with Gasteiger partial charge in [0.05, 0.1) is 27.7 Å². The normalized spacial score (nSPS) is 15.8. The molecule has 1 atom stereocenters. The van der Waals surface area contributed by atoms with E-state index in [-0.39, 0.29) is 28.6 Å². The maximum Gasteiger partial charge on any atom is 0.416 e. The molecule has 12 heteroatoms. The molecular weight excluding hydrogens is 594 g/mol. The highest BCUT2D eigenvalue weighted by atomic mass is 35.5. The van der Waals surface area contributed by atoms with Gasteiger partial charge in [-0.25, -0.2) is 17.8 Å². The molecule has 0 fully saturated rings. The number of rotatable bonds is 7. The number of benzene rings is 3. The fourth-order valence-corrected chi connectivity index (χ4v) is 6.73. The smallest absolute Gasteiger partial charge is 0.416 e. The molecule has 0 spiro atoms. The summed E-state index contributed by atoms with van der Waals surface area (Å²) in [6, 6.07) is 12.8. The molecule has 0 saturated heterocycles. The minimum Gasteiger partial charge on any atom is -0.486 e. The molecule has 5 rings (SSSR count). The molecule has 0 amide bonds. The minimum atomic E-state index is -4.72. The van der Waals surface area contributed by atoms with Crippen molar-refractivity contribution >= 4 is 39.0 Å². The Morgan fingerprint density at radius 3 is 2.60 bits per heavy atom. The van der Waals surface area contributed by atoms with E-state index >= 15 is 0 Å². The molecule has 1 aliphatic heterocycles. The number of hydrogen-bond donors (Lipinski definition) is 0. The van der Waals surface area contributed by atoms with Gasteiger partial charge in [-0.3, -0.25) is 4.31 Å². The first-order valence-corrected chi connectivity index (χ1v) is 14.8. The van der Waals surface area contributed by atoms with Crippen molar-refractivity contribution in [2.75, 3.05) is 10.8 Å². The summed E-state index contributed by atoms with van der Waals surface area (Å²) in [6.07, 6.45) is 0.197. The number of nitrogens with zero attached hydrogens (tertiary/aromatic N) is 3. The molecule has 0 N–H and O–H groups in total. The molecule has 2 heterocycles. The standard InChI is InChI=1S/C30H26ClF4N3O3S/c1-19(29-25(31)7-4-8-26(29)32)15-21-9-10-28-27(16-21)38(18-23(41-28)11-13-37-14-12-36-20(37)2)42(39,40)24-6-3-5-22(17-24)30(33,34)35/h3-10,12,14-17,23H,11,13,18H2,1-2H3/b19-15+/t23-/m0/s1. The van der Waals surface area contributed by atoms with Crippen LogP contribution in [-0.2, 0) is 22.7 Å². The van der Waals surface area contributed by atoms with Gasteiger partial charge in [-0.1, -0.05) is 35.9 Å². The molecule has 4 aromatic rings. The third-order valence-corrected chi connectivity index (χ3v) is 9.11. The van der Waals surface area contributed by atoms with Crippen molar-refractivity contribution in [3.05, 3.63) is 106 Å². The summed E-state index contributed by atoms with van der Waals surface area (Å²) in [5.41, 5.74) is 0.305. The van der Waals surface area contributed by atoms with Crippen molar-refractivity contribution in [1.82, 2.24) is 9.55 Å². The van der Waals surface area contributed by atoms with Crippen LogP contribution in [0.15, 0.2) is 78.0 Å². The number of allylic oxidation sites excluding steroid dienone is 1. The fraction of sp³-hybridized carbons (Fsp3) is 0.233. The second-order valence-corrected chi connectivity index (χ2v) is 12.2. The van der Waals surface area contributed by atoms with Crippen LogP contribution >= 0.6 is 11.6 Å². The number of alkyl halides is 3. The predicted molar refractivity (Wildman–Crippen MR) is 153 cm³/mol. The van der Waals surface area contributed by atoms with E-state index in [0.29, 0.717) is 30.2 Å². The Kier molecular flexibility index (Phi) is 8.08. The average molecular weight is 620 g/mol. The van der Waals surface area contributed by atoms with Gasteiger partial charge in [-0.2, -0.15) is 13.2 Å². The van der Waals surface area contributed by atoms with E-state index < -0.39 is 38.6 Å². The lowest BCUT2D eigenvalue weighted by molar-refractivity contribution is -0.137. The molecule has 3 aromatic carbocycles. The summed E-state index contributed by atoms with van der Waals surface area (Å²) in [5, 5.41) is 0.217. The number of sulfonamides is 1. The lowest BCUT2D eigenvalue weighted by Crippen LogP contribution is -2.44. The third kappa shape index (κ3) is 6.03. The Morgan fingerprint density at radius 1 is 1.14 bits per heavy atom. The maximum atomic E-state index is 14.5. The molecule has 0 radical (unpaired) electrons. The van der Waals surface area contributed by atoms with Crippen molar-refractivity contribution in [3.63, 3.8) is 0 Å². The summed E-state index contributed by atoms with van der Waals surface area (Å²) in [6.45, 7) is 3.87. The zero-order valence-electron chi connectivity index (χ0n) is 22.6. The predicted octanol–water partition coefficient (Wildman–Crippen LogP) is 7.61. The van der Waals surface area contributed by atoms with Gasteiger partial charge in [0.2, 0.25) is 0 Å². The van der Waals surface area contributed by atoms with Crippen LogP contribution in [0.2, 0.25) is 5.02 Å². The first-order chi connectivity index (χ1) is 19.8. The van der Waals surface area contributed by atoms with Gasteiger partial charge in [0, 0.05) is 30.9 Å². The van der Waals surface area contributed by atoms with Gasteiger partial charge >= 0.3 is 6.18 Å². The minimum absolute atomic E-state index is 0.134. The first-order valence-electron chi connectivity index (χ1n) is 13.0. The Bertz CT molecular complexity index is 1750. The molecule has 0 unspecified atom stereocenters. The van der Waals surface area contributed by atoms with Crippen LogP contribution in [-0.4, -0.2) is 30.6 Å². The highest BCUT2D eigenvalue weighted by molar-refractivity contribution is 7.92. The van der Waals surface area contributed by atoms with E-state index in [0.717, 1.165) is 28.3 Å². The Hall–Kier alpha value is -3.83. The molecular formula is C30H26ClF4N3O3S. The zero-order valence-corrected chi connectivity index (χ0v) is 24.1. The van der Waals surface area contributed by atoms with E-state index in [1.165, 1.54) is 12.1 Å². The van der Waals surface area contributed by atoms with Crippen molar-refractivity contribution in [2.24, 2.45) is 0 Å². The van der Waals surface area contributed by atoms with E-state index in [4.69, 9.17) is 16.3 Å². The maximum absolute atomic E-state index is 14.5. The Labute approximate surface area is 245 Å². The molecule has 0 saturated carbocycles. The lowest BCUT2D eigenvalue weighted by Gasteiger charge is -2.36. The van der Waals surface area contributed by atoms with Crippen LogP contribution in [0.4, 0.5) is 23.2 Å². The van der Waals surface area contributed by atoms with Crippen LogP contribution in [0.25, 0.3) is 11.6 Å². The topological polar surface area (TPSA) is 64.4 Å². The molecule has 220 valence electrons. The number of aryl methyl sites for hydroxylation is 2. The summed E-state index contributed by atoms with van der Waals surface area (Å²) in [4.78, 5) is 3.70. The SMILES string of the molecule is C/C(=C\c1ccc2c(c1)N(S(=O)(=O)c1cccc(C(F)(F)F)c1)C[C@H](CCn1ccnc1C)O2)c1c(F)cccc1Cl. The number of halogens is 5. The first kappa shape index (κ1) is 29.7.